The molecular formula is C13H20N2O. The lowest BCUT2D eigenvalue weighted by Gasteiger charge is -2.40. The molecular weight excluding hydrogens is 200 g/mol. The number of hydrogen-bond acceptors (Lipinski definition) is 3. The maximum atomic E-state index is 9.21. The fourth-order valence-electron chi connectivity index (χ4n) is 2.22. The van der Waals surface area contributed by atoms with Gasteiger partial charge in [-0.15, -0.1) is 0 Å². The van der Waals surface area contributed by atoms with Crippen LogP contribution >= 0.6 is 0 Å². The number of benzene rings is 1. The predicted octanol–water partition coefficient (Wildman–Crippen LogP) is 1.15. The average molecular weight is 220 g/mol. The van der Waals surface area contributed by atoms with Crippen LogP contribution < -0.4 is 10.2 Å². The predicted molar refractivity (Wildman–Crippen MR) is 66.9 cm³/mol. The minimum absolute atomic E-state index is 0.191. The Morgan fingerprint density at radius 2 is 2.31 bits per heavy atom. The summed E-state index contributed by atoms with van der Waals surface area (Å²) in [6.07, 6.45) is 0. The van der Waals surface area contributed by atoms with E-state index in [4.69, 9.17) is 0 Å². The van der Waals surface area contributed by atoms with Gasteiger partial charge in [0.15, 0.2) is 0 Å². The van der Waals surface area contributed by atoms with E-state index in [9.17, 15) is 5.11 Å². The molecule has 2 N–H and O–H groups in total. The highest BCUT2D eigenvalue weighted by Gasteiger charge is 2.24. The highest BCUT2D eigenvalue weighted by Crippen LogP contribution is 2.20. The van der Waals surface area contributed by atoms with Gasteiger partial charge in [0.1, 0.15) is 0 Å². The molecule has 3 nitrogen and oxygen atoms in total. The zero-order valence-corrected chi connectivity index (χ0v) is 9.98. The normalized spacial score (nSPS) is 25.8. The van der Waals surface area contributed by atoms with E-state index in [2.05, 4.69) is 48.3 Å². The maximum Gasteiger partial charge on any atom is 0.0601 e. The van der Waals surface area contributed by atoms with Crippen molar-refractivity contribution in [1.82, 2.24) is 5.32 Å². The molecule has 1 fully saturated rings. The van der Waals surface area contributed by atoms with Gasteiger partial charge in [0.2, 0.25) is 0 Å². The molecule has 1 aliphatic rings. The van der Waals surface area contributed by atoms with Gasteiger partial charge in [-0.3, -0.25) is 0 Å². The Bertz CT molecular complexity index is 354. The van der Waals surface area contributed by atoms with E-state index >= 15 is 0 Å². The van der Waals surface area contributed by atoms with Crippen molar-refractivity contribution in [2.75, 3.05) is 24.6 Å². The number of hydrogen-bond donors (Lipinski definition) is 2. The highest BCUT2D eigenvalue weighted by atomic mass is 16.3. The number of aryl methyl sites for hydroxylation is 1. The van der Waals surface area contributed by atoms with Crippen LogP contribution in [0.2, 0.25) is 0 Å². The summed E-state index contributed by atoms with van der Waals surface area (Å²) in [5, 5.41) is 12.5. The molecule has 1 aromatic carbocycles. The van der Waals surface area contributed by atoms with Gasteiger partial charge in [-0.25, -0.2) is 0 Å². The van der Waals surface area contributed by atoms with Crippen LogP contribution in [0, 0.1) is 6.92 Å². The highest BCUT2D eigenvalue weighted by molar-refractivity contribution is 5.50. The van der Waals surface area contributed by atoms with Crippen LogP contribution in [0.3, 0.4) is 0 Å². The first-order valence-electron chi connectivity index (χ1n) is 5.88. The van der Waals surface area contributed by atoms with Gasteiger partial charge in [0.25, 0.3) is 0 Å². The molecule has 1 saturated heterocycles. The molecule has 2 unspecified atom stereocenters. The first-order valence-corrected chi connectivity index (χ1v) is 5.88. The zero-order chi connectivity index (χ0) is 11.5. The monoisotopic (exact) mass is 220 g/mol. The van der Waals surface area contributed by atoms with E-state index in [-0.39, 0.29) is 12.6 Å². The molecule has 88 valence electrons. The van der Waals surface area contributed by atoms with Gasteiger partial charge >= 0.3 is 0 Å². The Balaban J connectivity index is 2.17. The van der Waals surface area contributed by atoms with Gasteiger partial charge in [0, 0.05) is 30.9 Å². The molecule has 1 aliphatic heterocycles. The summed E-state index contributed by atoms with van der Waals surface area (Å²) in [4.78, 5) is 2.37. The van der Waals surface area contributed by atoms with Crippen molar-refractivity contribution in [2.24, 2.45) is 0 Å². The second-order valence-electron chi connectivity index (χ2n) is 4.63. The quantitative estimate of drug-likeness (QED) is 0.785. The summed E-state index contributed by atoms with van der Waals surface area (Å²) in [7, 11) is 0. The maximum absolute atomic E-state index is 9.21. The average Bonchev–Trinajstić information content (AvgIpc) is 2.30. The molecule has 2 rings (SSSR count). The lowest BCUT2D eigenvalue weighted by atomic mass is 10.1. The van der Waals surface area contributed by atoms with Gasteiger partial charge in [-0.1, -0.05) is 12.1 Å². The van der Waals surface area contributed by atoms with Crippen molar-refractivity contribution in [3.05, 3.63) is 29.8 Å². The number of rotatable bonds is 2. The molecule has 0 amide bonds. The van der Waals surface area contributed by atoms with Crippen LogP contribution in [0.25, 0.3) is 0 Å². The first kappa shape index (κ1) is 11.4. The van der Waals surface area contributed by atoms with Crippen molar-refractivity contribution in [1.29, 1.82) is 0 Å². The molecule has 0 saturated carbocycles. The van der Waals surface area contributed by atoms with Crippen molar-refractivity contribution in [2.45, 2.75) is 25.9 Å². The summed E-state index contributed by atoms with van der Waals surface area (Å²) in [6, 6.07) is 9.22. The van der Waals surface area contributed by atoms with E-state index in [1.807, 2.05) is 0 Å². The minimum atomic E-state index is 0.191. The zero-order valence-electron chi connectivity index (χ0n) is 9.98. The van der Waals surface area contributed by atoms with Crippen LogP contribution in [0.1, 0.15) is 12.5 Å². The molecule has 2 atom stereocenters. The Labute approximate surface area is 97.1 Å². The lowest BCUT2D eigenvalue weighted by molar-refractivity contribution is 0.227. The molecule has 0 radical (unpaired) electrons. The molecule has 3 heteroatoms. The number of aliphatic hydroxyl groups is 1. The number of piperazine rings is 1. The van der Waals surface area contributed by atoms with Gasteiger partial charge < -0.3 is 15.3 Å². The fourth-order valence-corrected chi connectivity index (χ4v) is 2.22. The summed E-state index contributed by atoms with van der Waals surface area (Å²) >= 11 is 0. The smallest absolute Gasteiger partial charge is 0.0601 e. The Morgan fingerprint density at radius 3 is 3.00 bits per heavy atom. The van der Waals surface area contributed by atoms with Crippen molar-refractivity contribution >= 4 is 5.69 Å². The second-order valence-corrected chi connectivity index (χ2v) is 4.63. The van der Waals surface area contributed by atoms with E-state index in [0.29, 0.717) is 6.04 Å². The van der Waals surface area contributed by atoms with Crippen LogP contribution in [0.5, 0.6) is 0 Å². The Morgan fingerprint density at radius 1 is 1.50 bits per heavy atom. The van der Waals surface area contributed by atoms with Gasteiger partial charge in [-0.05, 0) is 31.5 Å². The molecule has 0 spiro atoms. The van der Waals surface area contributed by atoms with Crippen LogP contribution in [0.4, 0.5) is 5.69 Å². The van der Waals surface area contributed by atoms with Crippen molar-refractivity contribution in [3.8, 4) is 0 Å². The summed E-state index contributed by atoms with van der Waals surface area (Å²) in [5.74, 6) is 0. The number of nitrogens with zero attached hydrogens (tertiary/aromatic N) is 1. The van der Waals surface area contributed by atoms with Crippen molar-refractivity contribution in [3.63, 3.8) is 0 Å². The summed E-state index contributed by atoms with van der Waals surface area (Å²) in [6.45, 7) is 6.33. The summed E-state index contributed by atoms with van der Waals surface area (Å²) < 4.78 is 0. The molecule has 1 aromatic rings. The Kier molecular flexibility index (Phi) is 3.46. The van der Waals surface area contributed by atoms with E-state index in [1.165, 1.54) is 11.3 Å². The Hall–Kier alpha value is -1.06. The van der Waals surface area contributed by atoms with Gasteiger partial charge in [-0.2, -0.15) is 0 Å². The van der Waals surface area contributed by atoms with E-state index in [1.54, 1.807) is 0 Å². The number of nitrogens with one attached hydrogen (secondary N) is 1. The third kappa shape index (κ3) is 2.36. The molecule has 0 aromatic heterocycles. The third-order valence-electron chi connectivity index (χ3n) is 3.20. The minimum Gasteiger partial charge on any atom is -0.395 e. The first-order chi connectivity index (χ1) is 7.70. The van der Waals surface area contributed by atoms with Crippen LogP contribution in [-0.2, 0) is 0 Å². The van der Waals surface area contributed by atoms with Crippen LogP contribution in [0.15, 0.2) is 24.3 Å². The molecule has 0 bridgehead atoms. The molecule has 0 aliphatic carbocycles. The van der Waals surface area contributed by atoms with Gasteiger partial charge in [0.05, 0.1) is 6.61 Å². The SMILES string of the molecule is Cc1cccc(N2CC(CO)NCC2C)c1. The largest absolute Gasteiger partial charge is 0.395 e. The molecule has 16 heavy (non-hydrogen) atoms. The van der Waals surface area contributed by atoms with Crippen molar-refractivity contribution < 1.29 is 5.11 Å². The number of aliphatic hydroxyl groups excluding tert-OH is 1. The molecule has 1 heterocycles. The summed E-state index contributed by atoms with van der Waals surface area (Å²) in [5.41, 5.74) is 2.54. The third-order valence-corrected chi connectivity index (χ3v) is 3.20. The van der Waals surface area contributed by atoms with E-state index in [0.717, 1.165) is 13.1 Å². The lowest BCUT2D eigenvalue weighted by Crippen LogP contribution is -2.56. The topological polar surface area (TPSA) is 35.5 Å². The fraction of sp³-hybridized carbons (Fsp3) is 0.538. The van der Waals surface area contributed by atoms with Crippen LogP contribution in [-0.4, -0.2) is 36.9 Å². The second kappa shape index (κ2) is 4.85. The standard InChI is InChI=1S/C13H20N2O/c1-10-4-3-5-13(6-10)15-8-12(9-16)14-7-11(15)2/h3-6,11-12,14,16H,7-9H2,1-2H3. The number of anilines is 1. The van der Waals surface area contributed by atoms with E-state index < -0.39 is 0 Å².